The summed E-state index contributed by atoms with van der Waals surface area (Å²) in [5, 5.41) is 3.44. The Morgan fingerprint density at radius 1 is 0.933 bits per heavy atom. The van der Waals surface area contributed by atoms with E-state index in [0.29, 0.717) is 27.6 Å². The lowest BCUT2D eigenvalue weighted by Gasteiger charge is -2.27. The van der Waals surface area contributed by atoms with Crippen molar-refractivity contribution < 1.29 is 31.6 Å². The average Bonchev–Trinajstić information content (AvgIpc) is 3.39. The van der Waals surface area contributed by atoms with Gasteiger partial charge >= 0.3 is 5.97 Å². The maximum absolute atomic E-state index is 13.7. The van der Waals surface area contributed by atoms with E-state index in [1.807, 2.05) is 44.2 Å². The van der Waals surface area contributed by atoms with Crippen molar-refractivity contribution in [2.75, 3.05) is 24.2 Å². The first kappa shape index (κ1) is 31.5. The van der Waals surface area contributed by atoms with Crippen LogP contribution in [0.25, 0.3) is 33.4 Å². The lowest BCUT2D eigenvalue weighted by atomic mass is 9.93. The highest BCUT2D eigenvalue weighted by atomic mass is 32.2. The largest absolute Gasteiger partial charge is 0.462 e. The third kappa shape index (κ3) is 6.46. The van der Waals surface area contributed by atoms with Crippen LogP contribution in [-0.4, -0.2) is 40.2 Å². The van der Waals surface area contributed by atoms with E-state index in [1.54, 1.807) is 37.3 Å². The number of sulfonamides is 1. The number of halogens is 1. The van der Waals surface area contributed by atoms with E-state index in [1.165, 1.54) is 37.4 Å². The Morgan fingerprint density at radius 3 is 2.27 bits per heavy atom. The molecular formula is C35H33FN2O6S. The summed E-state index contributed by atoms with van der Waals surface area (Å²) >= 11 is 0. The zero-order valence-electron chi connectivity index (χ0n) is 25.6. The minimum absolute atomic E-state index is 0.104. The minimum atomic E-state index is -3.74. The van der Waals surface area contributed by atoms with Crippen molar-refractivity contribution in [2.24, 2.45) is 0 Å². The number of benzene rings is 4. The van der Waals surface area contributed by atoms with Gasteiger partial charge in [0.25, 0.3) is 5.91 Å². The number of carbonyl (C=O) groups excluding carboxylic acids is 2. The molecule has 8 nitrogen and oxygen atoms in total. The first-order valence-electron chi connectivity index (χ1n) is 14.3. The zero-order chi connectivity index (χ0) is 32.5. The number of hydrogen-bond donors (Lipinski definition) is 1. The van der Waals surface area contributed by atoms with Gasteiger partial charge in [0.05, 0.1) is 24.1 Å². The molecule has 0 aliphatic rings. The Hall–Kier alpha value is -4.96. The second-order valence-corrected chi connectivity index (χ2v) is 13.2. The first-order valence-corrected chi connectivity index (χ1v) is 16.1. The number of fused-ring (bicyclic) bond motifs is 1. The number of rotatable bonds is 9. The molecule has 5 aromatic rings. The molecule has 0 radical (unpaired) electrons. The number of nitrogens with zero attached hydrogens (tertiary/aromatic N) is 1. The molecule has 10 heteroatoms. The molecule has 0 aliphatic carbocycles. The normalized spacial score (nSPS) is 11.8. The van der Waals surface area contributed by atoms with E-state index in [4.69, 9.17) is 9.15 Å². The molecule has 1 heterocycles. The summed E-state index contributed by atoms with van der Waals surface area (Å²) in [6.45, 7) is 5.60. The number of ether oxygens (including phenoxy) is 1. The third-order valence-electron chi connectivity index (χ3n) is 7.59. The standard InChI is InChI=1S/C35H33FN2O6S/c1-6-43-34(40)31-28-20-27(23-11-10-12-24(19-23)33(39)37-35(2,3)25-13-8-7-9-14-25)29(38(4)45(5,41)42)21-30(28)44-32(31)22-15-17-26(36)18-16-22/h7-21H,6H2,1-5H3,(H,37,39). The van der Waals surface area contributed by atoms with Crippen LogP contribution < -0.4 is 9.62 Å². The predicted molar refractivity (Wildman–Crippen MR) is 173 cm³/mol. The van der Waals surface area contributed by atoms with Crippen molar-refractivity contribution in [1.82, 2.24) is 5.32 Å². The average molecular weight is 629 g/mol. The smallest absolute Gasteiger partial charge is 0.342 e. The highest BCUT2D eigenvalue weighted by Gasteiger charge is 2.28. The van der Waals surface area contributed by atoms with Gasteiger partial charge in [-0.1, -0.05) is 42.5 Å². The number of nitrogens with one attached hydrogen (secondary N) is 1. The van der Waals surface area contributed by atoms with Gasteiger partial charge in [-0.2, -0.15) is 0 Å². The molecule has 0 saturated carbocycles. The number of anilines is 1. The number of esters is 1. The number of carbonyl (C=O) groups is 2. The predicted octanol–water partition coefficient (Wildman–Crippen LogP) is 7.14. The molecule has 0 bridgehead atoms. The van der Waals surface area contributed by atoms with Crippen LogP contribution in [0, 0.1) is 5.82 Å². The third-order valence-corrected chi connectivity index (χ3v) is 8.78. The van der Waals surface area contributed by atoms with Crippen molar-refractivity contribution >= 4 is 38.6 Å². The summed E-state index contributed by atoms with van der Waals surface area (Å²) in [6.07, 6.45) is 1.08. The van der Waals surface area contributed by atoms with E-state index in [0.717, 1.165) is 16.1 Å². The fraction of sp³-hybridized carbons (Fsp3) is 0.200. The van der Waals surface area contributed by atoms with Crippen LogP contribution in [0.2, 0.25) is 0 Å². The van der Waals surface area contributed by atoms with Crippen molar-refractivity contribution in [2.45, 2.75) is 26.3 Å². The highest BCUT2D eigenvalue weighted by Crippen LogP contribution is 2.41. The van der Waals surface area contributed by atoms with Gasteiger partial charge in [0, 0.05) is 35.2 Å². The van der Waals surface area contributed by atoms with Gasteiger partial charge in [-0.3, -0.25) is 9.10 Å². The fourth-order valence-corrected chi connectivity index (χ4v) is 5.63. The second kappa shape index (κ2) is 12.2. The van der Waals surface area contributed by atoms with E-state index >= 15 is 0 Å². The number of hydrogen-bond acceptors (Lipinski definition) is 6. The Labute approximate surface area is 261 Å². The lowest BCUT2D eigenvalue weighted by Crippen LogP contribution is -2.40. The Bertz CT molecular complexity index is 2000. The maximum Gasteiger partial charge on any atom is 0.342 e. The SMILES string of the molecule is CCOC(=O)c1c(-c2ccc(F)cc2)oc2cc(N(C)S(C)(=O)=O)c(-c3cccc(C(=O)NC(C)(C)c4ccccc4)c3)cc12. The van der Waals surface area contributed by atoms with Gasteiger partial charge in [0.1, 0.15) is 22.7 Å². The summed E-state index contributed by atoms with van der Waals surface area (Å²) in [5.41, 5.74) is 2.64. The topological polar surface area (TPSA) is 106 Å². The van der Waals surface area contributed by atoms with Crippen LogP contribution in [0.1, 0.15) is 47.1 Å². The first-order chi connectivity index (χ1) is 21.3. The fourth-order valence-electron chi connectivity index (χ4n) is 5.12. The van der Waals surface area contributed by atoms with Crippen LogP contribution in [-0.2, 0) is 20.3 Å². The van der Waals surface area contributed by atoms with Gasteiger partial charge in [-0.05, 0) is 74.4 Å². The molecule has 0 spiro atoms. The van der Waals surface area contributed by atoms with Gasteiger partial charge in [-0.15, -0.1) is 0 Å². The van der Waals surface area contributed by atoms with Crippen LogP contribution in [0.3, 0.4) is 0 Å². The highest BCUT2D eigenvalue weighted by molar-refractivity contribution is 7.92. The van der Waals surface area contributed by atoms with Gasteiger partial charge in [0.15, 0.2) is 0 Å². The minimum Gasteiger partial charge on any atom is -0.462 e. The summed E-state index contributed by atoms with van der Waals surface area (Å²) in [6, 6.07) is 25.1. The molecule has 4 aromatic carbocycles. The zero-order valence-corrected chi connectivity index (χ0v) is 26.4. The van der Waals surface area contributed by atoms with Crippen LogP contribution >= 0.6 is 0 Å². The van der Waals surface area contributed by atoms with Gasteiger partial charge in [-0.25, -0.2) is 17.6 Å². The molecule has 1 N–H and O–H groups in total. The maximum atomic E-state index is 13.7. The van der Waals surface area contributed by atoms with Crippen molar-refractivity contribution in [3.05, 3.63) is 114 Å². The molecular weight excluding hydrogens is 595 g/mol. The van der Waals surface area contributed by atoms with Crippen molar-refractivity contribution in [1.29, 1.82) is 0 Å². The van der Waals surface area contributed by atoms with E-state index in [-0.39, 0.29) is 35.1 Å². The van der Waals surface area contributed by atoms with Crippen LogP contribution in [0.15, 0.2) is 95.4 Å². The Kier molecular flexibility index (Phi) is 8.53. The Morgan fingerprint density at radius 2 is 1.62 bits per heavy atom. The molecule has 0 unspecified atom stereocenters. The molecule has 1 aromatic heterocycles. The van der Waals surface area contributed by atoms with Crippen molar-refractivity contribution in [3.8, 4) is 22.5 Å². The van der Waals surface area contributed by atoms with Crippen molar-refractivity contribution in [3.63, 3.8) is 0 Å². The lowest BCUT2D eigenvalue weighted by molar-refractivity contribution is 0.0528. The summed E-state index contributed by atoms with van der Waals surface area (Å²) in [5.74, 6) is -1.27. The number of furan rings is 1. The second-order valence-electron chi connectivity index (χ2n) is 11.2. The molecule has 0 fully saturated rings. The summed E-state index contributed by atoms with van der Waals surface area (Å²) in [4.78, 5) is 26.8. The molecule has 0 atom stereocenters. The van der Waals surface area contributed by atoms with E-state index in [9.17, 15) is 22.4 Å². The summed E-state index contributed by atoms with van der Waals surface area (Å²) < 4.78 is 51.9. The van der Waals surface area contributed by atoms with Crippen LogP contribution in [0.5, 0.6) is 0 Å². The van der Waals surface area contributed by atoms with Gasteiger partial charge in [0.2, 0.25) is 10.0 Å². The molecule has 45 heavy (non-hydrogen) atoms. The molecule has 0 saturated heterocycles. The molecule has 1 amide bonds. The monoisotopic (exact) mass is 628 g/mol. The Balaban J connectivity index is 1.69. The summed E-state index contributed by atoms with van der Waals surface area (Å²) in [7, 11) is -2.33. The number of amides is 1. The van der Waals surface area contributed by atoms with E-state index < -0.39 is 27.3 Å². The molecule has 5 rings (SSSR count). The van der Waals surface area contributed by atoms with Crippen LogP contribution in [0.4, 0.5) is 10.1 Å². The van der Waals surface area contributed by atoms with Gasteiger partial charge < -0.3 is 14.5 Å². The van der Waals surface area contributed by atoms with E-state index in [2.05, 4.69) is 5.32 Å². The molecule has 0 aliphatic heterocycles. The quantitative estimate of drug-likeness (QED) is 0.174. The molecule has 232 valence electrons.